The van der Waals surface area contributed by atoms with Crippen LogP contribution >= 0.6 is 0 Å². The van der Waals surface area contributed by atoms with Crippen LogP contribution in [0.5, 0.6) is 0 Å². The van der Waals surface area contributed by atoms with E-state index >= 15 is 0 Å². The Hall–Kier alpha value is -1.67. The molecule has 0 saturated carbocycles. The number of hydrogen-bond donors (Lipinski definition) is 0. The van der Waals surface area contributed by atoms with E-state index in [9.17, 15) is 0 Å². The van der Waals surface area contributed by atoms with E-state index in [4.69, 9.17) is 61.3 Å². The second kappa shape index (κ2) is 29.5. The van der Waals surface area contributed by atoms with Crippen LogP contribution in [0.3, 0.4) is 0 Å². The number of rotatable bonds is 0. The zero-order chi connectivity index (χ0) is 14.3. The molecule has 0 fully saturated rings. The number of hydrogen-bond acceptors (Lipinski definition) is 12. The van der Waals surface area contributed by atoms with Crippen LogP contribution in [0.15, 0.2) is 0 Å². The normalized spacial score (nSPS) is 5.33. The van der Waals surface area contributed by atoms with Crippen molar-refractivity contribution in [3.63, 3.8) is 0 Å². The van der Waals surface area contributed by atoms with Gasteiger partial charge in [0.2, 0.25) is 0 Å². The summed E-state index contributed by atoms with van der Waals surface area (Å²) in [5.41, 5.74) is 0. The predicted octanol–water partition coefficient (Wildman–Crippen LogP) is -1.72. The third kappa shape index (κ3) is 916. The quantitative estimate of drug-likeness (QED) is 0.274. The van der Waals surface area contributed by atoms with Crippen LogP contribution in [0.25, 0.3) is 0 Å². The largest absolute Gasteiger partial charge is 2.00 e. The van der Waals surface area contributed by atoms with Gasteiger partial charge in [-0.15, -0.1) is 0 Å². The summed E-state index contributed by atoms with van der Waals surface area (Å²) in [5, 5.41) is 59.0. The van der Waals surface area contributed by atoms with Crippen molar-refractivity contribution in [1.82, 2.24) is 0 Å². The molecule has 18 heteroatoms. The van der Waals surface area contributed by atoms with Crippen molar-refractivity contribution >= 4 is 46.1 Å². The molecule has 0 aliphatic rings. The number of nitrogens with zero attached hydrogens (tertiary/aromatic N) is 4. The molecule has 18 heavy (non-hydrogen) atoms. The Bertz CT molecular complexity index is 162. The van der Waals surface area contributed by atoms with Gasteiger partial charge in [0.15, 0.2) is 0 Å². The van der Waals surface area contributed by atoms with Crippen LogP contribution in [-0.2, 0) is 0 Å². The van der Waals surface area contributed by atoms with E-state index in [1.54, 1.807) is 0 Å². The van der Waals surface area contributed by atoms with E-state index < -0.39 is 20.3 Å². The minimum absolute atomic E-state index is 0. The molecule has 16 nitrogen and oxygen atoms in total. The van der Waals surface area contributed by atoms with Crippen molar-refractivity contribution in [2.75, 3.05) is 0 Å². The van der Waals surface area contributed by atoms with Crippen molar-refractivity contribution < 1.29 is 20.3 Å². The van der Waals surface area contributed by atoms with Gasteiger partial charge in [-0.25, -0.2) is 0 Å². The first-order chi connectivity index (χ1) is 6.93. The maximum Gasteiger partial charge on any atom is 2.00 e. The Morgan fingerprint density at radius 1 is 0.389 bits per heavy atom. The molecule has 0 heterocycles. The Kier molecular flexibility index (Phi) is 58.9. The van der Waals surface area contributed by atoms with Gasteiger partial charge in [-0.1, -0.05) is 0 Å². The van der Waals surface area contributed by atoms with E-state index in [1.807, 2.05) is 0 Å². The van der Waals surface area contributed by atoms with Crippen LogP contribution in [0.2, 0.25) is 0 Å². The first kappa shape index (κ1) is 36.0. The summed E-state index contributed by atoms with van der Waals surface area (Å²) in [6, 6.07) is 0. The summed E-state index contributed by atoms with van der Waals surface area (Å²) in [6.07, 6.45) is 0. The summed E-state index contributed by atoms with van der Waals surface area (Å²) in [5.74, 6) is 0. The molecule has 0 spiro atoms. The SMILES string of the molecule is O=[N+]([O-])[O-].O=[N+]([O-])[O-].O=[N+]([O-])[O-].O=[N+]([O-])[O-].[Mg+2].[Mg+2]. The van der Waals surface area contributed by atoms with Crippen molar-refractivity contribution in [2.45, 2.75) is 0 Å². The molecule has 0 aromatic rings. The zero-order valence-electron chi connectivity index (χ0n) is 8.10. The zero-order valence-corrected chi connectivity index (χ0v) is 10.9. The smallest absolute Gasteiger partial charge is 0.356 e. The first-order valence-electron chi connectivity index (χ1n) is 2.19. The molecule has 96 valence electrons. The molecule has 0 aromatic carbocycles. The molecule has 0 rings (SSSR count). The summed E-state index contributed by atoms with van der Waals surface area (Å²) in [4.78, 5) is 33.0. The van der Waals surface area contributed by atoms with Gasteiger partial charge in [-0.2, -0.15) is 0 Å². The van der Waals surface area contributed by atoms with Gasteiger partial charge in [-0.05, 0) is 0 Å². The van der Waals surface area contributed by atoms with Crippen molar-refractivity contribution in [3.8, 4) is 0 Å². The Labute approximate surface area is 128 Å². The van der Waals surface area contributed by atoms with Gasteiger partial charge < -0.3 is 61.3 Å². The van der Waals surface area contributed by atoms with Crippen molar-refractivity contribution in [2.24, 2.45) is 0 Å². The van der Waals surface area contributed by atoms with Crippen LogP contribution in [-0.4, -0.2) is 66.5 Å². The molecule has 0 saturated heterocycles. The monoisotopic (exact) mass is 296 g/mol. The van der Waals surface area contributed by atoms with E-state index in [1.165, 1.54) is 0 Å². The minimum atomic E-state index is -1.75. The average molecular weight is 297 g/mol. The first-order valence-corrected chi connectivity index (χ1v) is 2.19. The second-order valence-corrected chi connectivity index (χ2v) is 0.894. The molecular weight excluding hydrogens is 297 g/mol. The summed E-state index contributed by atoms with van der Waals surface area (Å²) >= 11 is 0. The molecule has 0 radical (unpaired) electrons. The van der Waals surface area contributed by atoms with Crippen molar-refractivity contribution in [1.29, 1.82) is 0 Å². The fourth-order valence-electron chi connectivity index (χ4n) is 0. The Morgan fingerprint density at radius 2 is 0.389 bits per heavy atom. The summed E-state index contributed by atoms with van der Waals surface area (Å²) < 4.78 is 0. The van der Waals surface area contributed by atoms with E-state index in [-0.39, 0.29) is 46.1 Å². The fraction of sp³-hybridized carbons (Fsp3) is 0. The predicted molar refractivity (Wildman–Crippen MR) is 53.0 cm³/mol. The van der Waals surface area contributed by atoms with Crippen molar-refractivity contribution in [3.05, 3.63) is 61.3 Å². The molecule has 0 aliphatic carbocycles. The van der Waals surface area contributed by atoms with Gasteiger partial charge in [0.1, 0.15) is 0 Å². The third-order valence-electron chi connectivity index (χ3n) is 0. The minimum Gasteiger partial charge on any atom is -0.356 e. The summed E-state index contributed by atoms with van der Waals surface area (Å²) in [6.45, 7) is 0. The average Bonchev–Trinajstić information content (AvgIpc) is 1.76. The van der Waals surface area contributed by atoms with Crippen LogP contribution in [0.1, 0.15) is 0 Å². The Morgan fingerprint density at radius 3 is 0.389 bits per heavy atom. The second-order valence-electron chi connectivity index (χ2n) is 0.894. The van der Waals surface area contributed by atoms with Gasteiger partial charge in [-0.3, -0.25) is 0 Å². The van der Waals surface area contributed by atoms with E-state index in [0.717, 1.165) is 0 Å². The van der Waals surface area contributed by atoms with Gasteiger partial charge in [0, 0.05) is 0 Å². The molecule has 0 unspecified atom stereocenters. The topological polar surface area (TPSA) is 265 Å². The van der Waals surface area contributed by atoms with E-state index in [2.05, 4.69) is 0 Å². The molecule has 0 aromatic heterocycles. The molecule has 0 amide bonds. The van der Waals surface area contributed by atoms with Gasteiger partial charge in [0.25, 0.3) is 0 Å². The van der Waals surface area contributed by atoms with Gasteiger partial charge >= 0.3 is 46.1 Å². The Balaban J connectivity index is -0.0000000257. The third-order valence-corrected chi connectivity index (χ3v) is 0. The fourth-order valence-corrected chi connectivity index (χ4v) is 0. The van der Waals surface area contributed by atoms with Crippen LogP contribution < -0.4 is 0 Å². The maximum atomic E-state index is 8.25. The van der Waals surface area contributed by atoms with Gasteiger partial charge in [0.05, 0.1) is 20.3 Å². The molecule has 0 atom stereocenters. The molecule has 0 aliphatic heterocycles. The standard InChI is InChI=1S/2Mg.4NO3/c;;4*2-1(3)4/q2*+2;4*-1. The molecule has 0 N–H and O–H groups in total. The maximum absolute atomic E-state index is 8.25. The summed E-state index contributed by atoms with van der Waals surface area (Å²) in [7, 11) is 0. The molecule has 0 bridgehead atoms. The van der Waals surface area contributed by atoms with Crippen LogP contribution in [0, 0.1) is 61.3 Å². The van der Waals surface area contributed by atoms with Crippen LogP contribution in [0.4, 0.5) is 0 Å². The molecular formula is Mg2N4O12. The van der Waals surface area contributed by atoms with E-state index in [0.29, 0.717) is 0 Å².